The molecule has 7 amide bonds. The molecule has 1 saturated heterocycles. The summed E-state index contributed by atoms with van der Waals surface area (Å²) in [5, 5.41) is 48.1. The van der Waals surface area contributed by atoms with Crippen LogP contribution in [0.4, 0.5) is 0 Å². The number of H-pyrrole nitrogens is 2. The molecule has 28 nitrogen and oxygen atoms in total. The van der Waals surface area contributed by atoms with Gasteiger partial charge in [-0.25, -0.2) is 0 Å². The highest BCUT2D eigenvalue weighted by Crippen LogP contribution is 2.43. The van der Waals surface area contributed by atoms with Crippen molar-refractivity contribution in [3.63, 3.8) is 0 Å². The molecule has 6 heterocycles. The van der Waals surface area contributed by atoms with Crippen LogP contribution >= 0.6 is 0 Å². The van der Waals surface area contributed by atoms with Crippen molar-refractivity contribution in [3.8, 4) is 0 Å². The summed E-state index contributed by atoms with van der Waals surface area (Å²) in [7, 11) is 1.22. The van der Waals surface area contributed by atoms with E-state index in [1.165, 1.54) is 14.0 Å². The van der Waals surface area contributed by atoms with Gasteiger partial charge in [0.15, 0.2) is 11.7 Å². The second-order valence-corrected chi connectivity index (χ2v) is 23.5. The number of rotatable bonds is 23. The van der Waals surface area contributed by atoms with Gasteiger partial charge in [-0.05, 0) is 94.2 Å². The first-order chi connectivity index (χ1) is 43.8. The van der Waals surface area contributed by atoms with Crippen LogP contribution in [0.25, 0.3) is 22.1 Å². The number of carboxylic acid groups (broad SMARTS) is 1. The Bertz CT molecular complexity index is 3660. The minimum absolute atomic E-state index is 0.0376. The summed E-state index contributed by atoms with van der Waals surface area (Å²) in [6.07, 6.45) is -1.76. The number of nitrogens with zero attached hydrogens (tertiary/aromatic N) is 3. The van der Waals surface area contributed by atoms with Crippen molar-refractivity contribution in [1.29, 1.82) is 0 Å². The number of aryl methyl sites for hydroxylation is 2. The summed E-state index contributed by atoms with van der Waals surface area (Å²) in [4.78, 5) is 159. The molecule has 0 spiro atoms. The standard InChI is InChI=1S/C64H84N14O14/c1-8-38-31(2)43-26-48-55(35(6)80)33(4)45(72-48)24-44-32(3)39(57(74-44)40(23-54(86)92-7)58-56(63(91)69-28-37(81)30-79)34(5)46(75-58)25-47(38)71-43)22-51(82)67-19-13-12-17-42-60(88)76-41(18-14-20-68-64(65)66)59(87)70-29-52(83)73-50(27-53(84)85)62(90)78-49(61(89)77-42)21-36-15-10-9-11-16-36/h9-11,15-16,24-26,31-32,37-39,41-42,49-50,72,75,79,81H,8,12-14,17-23,27-30H2,1-7H3,(H,67,82)(H,69,91)(H,70,87)(H,73,83)(H,76,88)(H,77,89)(H,78,90)(H,84,85)(H4,65,66,68)/t31-,32+,37?,38-,39+,41+,42+,49-,50+/m1/s1. The van der Waals surface area contributed by atoms with Crippen molar-refractivity contribution < 1.29 is 68.0 Å². The number of aliphatic carboxylic acids is 1. The predicted molar refractivity (Wildman–Crippen MR) is 339 cm³/mol. The summed E-state index contributed by atoms with van der Waals surface area (Å²) in [6, 6.07) is 8.32. The minimum atomic E-state index is -1.68. The number of fused-ring (bicyclic) bond motifs is 8. The molecule has 0 radical (unpaired) electrons. The van der Waals surface area contributed by atoms with E-state index in [0.29, 0.717) is 56.6 Å². The van der Waals surface area contributed by atoms with Crippen LogP contribution in [0.5, 0.6) is 0 Å². The number of carbonyl (C=O) groups excluding carboxylic acids is 9. The molecule has 1 unspecified atom stereocenters. The smallest absolute Gasteiger partial charge is 0.310 e. The number of carboxylic acids is 1. The molecule has 3 aromatic heterocycles. The average molecular weight is 1270 g/mol. The Morgan fingerprint density at radius 1 is 0.739 bits per heavy atom. The van der Waals surface area contributed by atoms with Crippen molar-refractivity contribution in [2.24, 2.45) is 16.5 Å². The zero-order valence-electron chi connectivity index (χ0n) is 52.8. The molecule has 28 heteroatoms. The highest BCUT2D eigenvalue weighted by atomic mass is 16.5. The highest BCUT2D eigenvalue weighted by Gasteiger charge is 2.37. The normalized spacial score (nSPS) is 20.8. The summed E-state index contributed by atoms with van der Waals surface area (Å²) in [5.41, 5.74) is 17.5. The number of unbranched alkanes of at least 4 members (excludes halogenated alkanes) is 1. The number of hydrogen-bond acceptors (Lipinski definition) is 16. The SMILES string of the molecule is CC[C@H]1c2cc3[nH]c(c(CC(=O)OC)c4nc(cc5[nH]c(cc(n2)[C@@H]1C)c(C(C)=O)c5C)[C@@H](C)[C@@H]4CC(=O)NCCCC[C@@H]1NC(=O)[C@@H](Cc2ccccc2)NC(=O)[C@H](CC(=O)O)NC(=O)CNC(=O)[C@H](CCCN=C(N)N)NC1=O)c(C(=O)NCC(O)CO)c3C. The van der Waals surface area contributed by atoms with Crippen molar-refractivity contribution in [3.05, 3.63) is 105 Å². The number of amides is 7. The van der Waals surface area contributed by atoms with E-state index in [9.17, 15) is 63.3 Å². The lowest BCUT2D eigenvalue weighted by Crippen LogP contribution is -2.58. The van der Waals surface area contributed by atoms with Gasteiger partial charge in [0.1, 0.15) is 24.2 Å². The zero-order valence-corrected chi connectivity index (χ0v) is 52.8. The molecule has 3 aliphatic rings. The number of carbonyl (C=O) groups is 10. The Balaban J connectivity index is 1.24. The number of methoxy groups -OCH3 is 1. The van der Waals surface area contributed by atoms with Crippen LogP contribution in [0.3, 0.4) is 0 Å². The minimum Gasteiger partial charge on any atom is -0.481 e. The Kier molecular flexibility index (Phi) is 24.3. The number of aromatic nitrogens is 4. The van der Waals surface area contributed by atoms with Crippen molar-refractivity contribution >= 4 is 87.1 Å². The van der Waals surface area contributed by atoms with E-state index < -0.39 is 121 Å². The van der Waals surface area contributed by atoms with E-state index in [1.807, 2.05) is 32.9 Å². The predicted octanol–water partition coefficient (Wildman–Crippen LogP) is 1.63. The van der Waals surface area contributed by atoms with E-state index in [0.717, 1.165) is 5.69 Å². The molecule has 494 valence electrons. The van der Waals surface area contributed by atoms with E-state index in [2.05, 4.69) is 59.1 Å². The molecular formula is C64H84N14O14. The number of ether oxygens (including phenoxy) is 1. The highest BCUT2D eigenvalue weighted by molar-refractivity contribution is 6.07. The van der Waals surface area contributed by atoms with Gasteiger partial charge < -0.3 is 78.7 Å². The number of nitrogens with one attached hydrogen (secondary N) is 9. The lowest BCUT2D eigenvalue weighted by molar-refractivity contribution is -0.141. The van der Waals surface area contributed by atoms with Gasteiger partial charge in [0.05, 0.1) is 61.5 Å². The van der Waals surface area contributed by atoms with Gasteiger partial charge in [0.2, 0.25) is 35.4 Å². The molecule has 8 bridgehead atoms. The maximum absolute atomic E-state index is 14.5. The van der Waals surface area contributed by atoms with Crippen LogP contribution in [-0.4, -0.2) is 170 Å². The van der Waals surface area contributed by atoms with Gasteiger partial charge >= 0.3 is 11.9 Å². The van der Waals surface area contributed by atoms with Gasteiger partial charge in [0.25, 0.3) is 5.91 Å². The number of Topliss-reactive ketones (excluding diaryl/α,β-unsaturated/α-hetero) is 1. The molecule has 9 atom stereocenters. The molecule has 92 heavy (non-hydrogen) atoms. The molecule has 7 rings (SSSR count). The second-order valence-electron chi connectivity index (χ2n) is 23.5. The Morgan fingerprint density at radius 2 is 1.35 bits per heavy atom. The summed E-state index contributed by atoms with van der Waals surface area (Å²) < 4.78 is 5.26. The number of nitrogens with two attached hydrogens (primary N) is 2. The first-order valence-corrected chi connectivity index (χ1v) is 30.8. The molecule has 1 fully saturated rings. The van der Waals surface area contributed by atoms with Crippen molar-refractivity contribution in [1.82, 2.24) is 57.2 Å². The molecular weight excluding hydrogens is 1190 g/mol. The maximum Gasteiger partial charge on any atom is 0.310 e. The first-order valence-electron chi connectivity index (χ1n) is 30.8. The Hall–Kier alpha value is -9.57. The number of ketones is 1. The van der Waals surface area contributed by atoms with Crippen LogP contribution < -0.4 is 48.7 Å². The van der Waals surface area contributed by atoms with E-state index in [1.54, 1.807) is 43.3 Å². The molecule has 16 N–H and O–H groups in total. The second kappa shape index (κ2) is 31.9. The Morgan fingerprint density at radius 3 is 2.01 bits per heavy atom. The summed E-state index contributed by atoms with van der Waals surface area (Å²) in [6.45, 7) is 9.46. The van der Waals surface area contributed by atoms with E-state index in [-0.39, 0.29) is 110 Å². The van der Waals surface area contributed by atoms with Gasteiger partial charge in [0, 0.05) is 95.4 Å². The quantitative estimate of drug-likeness (QED) is 0.0165. The third-order valence-corrected chi connectivity index (χ3v) is 17.0. The molecule has 3 aliphatic heterocycles. The van der Waals surface area contributed by atoms with Crippen molar-refractivity contribution in [2.45, 2.75) is 160 Å². The number of benzene rings is 1. The fourth-order valence-corrected chi connectivity index (χ4v) is 11.9. The zero-order chi connectivity index (χ0) is 67.1. The van der Waals surface area contributed by atoms with Crippen LogP contribution in [0.1, 0.15) is 168 Å². The summed E-state index contributed by atoms with van der Waals surface area (Å²) in [5.74, 6) is -9.52. The summed E-state index contributed by atoms with van der Waals surface area (Å²) >= 11 is 0. The number of aromatic amines is 2. The fourth-order valence-electron chi connectivity index (χ4n) is 11.9. The molecule has 1 aromatic carbocycles. The van der Waals surface area contributed by atoms with Crippen LogP contribution in [0.2, 0.25) is 0 Å². The number of esters is 1. The largest absolute Gasteiger partial charge is 0.481 e. The molecule has 0 saturated carbocycles. The van der Waals surface area contributed by atoms with Gasteiger partial charge in [-0.2, -0.15) is 0 Å². The van der Waals surface area contributed by atoms with Crippen LogP contribution in [-0.2, 0) is 55.9 Å². The monoisotopic (exact) mass is 1270 g/mol. The fraction of sp³-hybridized carbons (Fsp3) is 0.484. The third-order valence-electron chi connectivity index (χ3n) is 17.0. The number of hydrogen-bond donors (Lipinski definition) is 14. The topological polar surface area (TPSA) is 447 Å². The maximum atomic E-state index is 14.5. The van der Waals surface area contributed by atoms with E-state index >= 15 is 0 Å². The average Bonchev–Trinajstić information content (AvgIpc) is 1.60. The molecule has 0 aliphatic carbocycles. The Labute approximate surface area is 531 Å². The number of aliphatic imine (C=N–C) groups is 1. The van der Waals surface area contributed by atoms with Crippen molar-refractivity contribution in [2.75, 3.05) is 39.9 Å². The number of guanidine groups is 1. The first kappa shape index (κ1) is 69.9. The van der Waals surface area contributed by atoms with Gasteiger partial charge in [-0.1, -0.05) is 51.1 Å². The van der Waals surface area contributed by atoms with Crippen LogP contribution in [0.15, 0.2) is 53.5 Å². The van der Waals surface area contributed by atoms with Gasteiger partial charge in [-0.3, -0.25) is 62.9 Å². The van der Waals surface area contributed by atoms with Crippen LogP contribution in [0, 0.1) is 13.8 Å². The number of aliphatic hydroxyl groups excluding tert-OH is 2. The lowest BCUT2D eigenvalue weighted by atomic mass is 9.85. The molecule has 4 aromatic rings. The van der Waals surface area contributed by atoms with Gasteiger partial charge in [-0.15, -0.1) is 0 Å². The number of aliphatic hydroxyl groups is 2. The van der Waals surface area contributed by atoms with E-state index in [4.69, 9.17) is 26.2 Å². The lowest BCUT2D eigenvalue weighted by Gasteiger charge is -2.26. The third kappa shape index (κ3) is 17.7.